The van der Waals surface area contributed by atoms with Crippen LogP contribution < -0.4 is 0 Å². The van der Waals surface area contributed by atoms with Gasteiger partial charge in [-0.2, -0.15) is 0 Å². The maximum atomic E-state index is 5.67. The minimum atomic E-state index is -0.183. The smallest absolute Gasteiger partial charge is 0.105 e. The summed E-state index contributed by atoms with van der Waals surface area (Å²) in [4.78, 5) is -0.183. The highest BCUT2D eigenvalue weighted by atomic mass is 35.5. The van der Waals surface area contributed by atoms with E-state index in [4.69, 9.17) is 23.2 Å². The zero-order valence-corrected chi connectivity index (χ0v) is 8.25. The molecule has 0 rings (SSSR count). The zero-order valence-electron chi connectivity index (χ0n) is 6.74. The van der Waals surface area contributed by atoms with Gasteiger partial charge in [0.2, 0.25) is 0 Å². The van der Waals surface area contributed by atoms with Crippen LogP contribution in [0, 0.1) is 5.92 Å². The molecule has 0 heterocycles. The van der Waals surface area contributed by atoms with Crippen LogP contribution in [0.1, 0.15) is 39.5 Å². The third kappa shape index (κ3) is 5.37. The molecule has 0 aromatic rings. The fraction of sp³-hybridized carbons (Fsp3) is 1.00. The molecule has 10 heavy (non-hydrogen) atoms. The third-order valence-corrected chi connectivity index (χ3v) is 2.55. The summed E-state index contributed by atoms with van der Waals surface area (Å²) in [6.07, 6.45) is 4.98. The first kappa shape index (κ1) is 10.6. The highest BCUT2D eigenvalue weighted by Crippen LogP contribution is 2.20. The number of hydrogen-bond acceptors (Lipinski definition) is 0. The maximum absolute atomic E-state index is 5.67. The van der Waals surface area contributed by atoms with Gasteiger partial charge in [0.15, 0.2) is 0 Å². The molecule has 0 aliphatic carbocycles. The topological polar surface area (TPSA) is 0 Å². The minimum Gasteiger partial charge on any atom is -0.105 e. The third-order valence-electron chi connectivity index (χ3n) is 1.69. The summed E-state index contributed by atoms with van der Waals surface area (Å²) in [7, 11) is 0. The van der Waals surface area contributed by atoms with E-state index in [1.165, 1.54) is 19.3 Å². The molecule has 0 nitrogen and oxygen atoms in total. The van der Waals surface area contributed by atoms with E-state index in [1.807, 2.05) is 0 Å². The van der Waals surface area contributed by atoms with E-state index in [2.05, 4.69) is 13.8 Å². The Kier molecular flexibility index (Phi) is 6.67. The van der Waals surface area contributed by atoms with Gasteiger partial charge in [-0.15, -0.1) is 23.2 Å². The molecular weight excluding hydrogens is 167 g/mol. The normalized spacial score (nSPS) is 14.1. The standard InChI is InChI=1S/C8H16Cl2/c1-3-4-5-6-7(2)8(9)10/h7-8H,3-6H2,1-2H3. The molecule has 0 aromatic heterocycles. The van der Waals surface area contributed by atoms with Gasteiger partial charge in [-0.25, -0.2) is 0 Å². The predicted molar refractivity (Wildman–Crippen MR) is 48.8 cm³/mol. The molecular formula is C8H16Cl2. The Morgan fingerprint density at radius 1 is 1.20 bits per heavy atom. The molecule has 0 aliphatic heterocycles. The molecule has 0 N–H and O–H groups in total. The molecule has 0 aromatic carbocycles. The fourth-order valence-electron chi connectivity index (χ4n) is 0.842. The Morgan fingerprint density at radius 2 is 1.80 bits per heavy atom. The van der Waals surface area contributed by atoms with Crippen molar-refractivity contribution in [1.82, 2.24) is 0 Å². The second-order valence-corrected chi connectivity index (χ2v) is 3.97. The SMILES string of the molecule is CCCCCC(C)C(Cl)Cl. The van der Waals surface area contributed by atoms with E-state index in [0.29, 0.717) is 5.92 Å². The molecule has 0 radical (unpaired) electrons. The van der Waals surface area contributed by atoms with Crippen LogP contribution in [0.2, 0.25) is 0 Å². The van der Waals surface area contributed by atoms with Crippen LogP contribution in [-0.4, -0.2) is 4.84 Å². The van der Waals surface area contributed by atoms with Crippen LogP contribution in [0.3, 0.4) is 0 Å². The van der Waals surface area contributed by atoms with Gasteiger partial charge in [0, 0.05) is 0 Å². The quantitative estimate of drug-likeness (QED) is 0.446. The van der Waals surface area contributed by atoms with Crippen molar-refractivity contribution in [3.05, 3.63) is 0 Å². The van der Waals surface area contributed by atoms with Crippen LogP contribution in [-0.2, 0) is 0 Å². The Hall–Kier alpha value is 0.580. The molecule has 0 saturated heterocycles. The van der Waals surface area contributed by atoms with Crippen molar-refractivity contribution in [1.29, 1.82) is 0 Å². The summed E-state index contributed by atoms with van der Waals surface area (Å²) >= 11 is 11.3. The molecule has 0 amide bonds. The van der Waals surface area contributed by atoms with E-state index >= 15 is 0 Å². The van der Waals surface area contributed by atoms with Crippen molar-refractivity contribution < 1.29 is 0 Å². The van der Waals surface area contributed by atoms with Crippen LogP contribution in [0.5, 0.6) is 0 Å². The van der Waals surface area contributed by atoms with Gasteiger partial charge in [-0.3, -0.25) is 0 Å². The Morgan fingerprint density at radius 3 is 2.20 bits per heavy atom. The van der Waals surface area contributed by atoms with Gasteiger partial charge < -0.3 is 0 Å². The summed E-state index contributed by atoms with van der Waals surface area (Å²) in [6, 6.07) is 0. The molecule has 0 aliphatic rings. The Bertz CT molecular complexity index is 71.7. The van der Waals surface area contributed by atoms with Crippen molar-refractivity contribution >= 4 is 23.2 Å². The molecule has 0 bridgehead atoms. The lowest BCUT2D eigenvalue weighted by Gasteiger charge is -2.10. The van der Waals surface area contributed by atoms with Crippen molar-refractivity contribution in [2.75, 3.05) is 0 Å². The van der Waals surface area contributed by atoms with Gasteiger partial charge in [0.25, 0.3) is 0 Å². The lowest BCUT2D eigenvalue weighted by molar-refractivity contribution is 0.522. The largest absolute Gasteiger partial charge is 0.110 e. The van der Waals surface area contributed by atoms with Gasteiger partial charge in [-0.05, 0) is 12.3 Å². The molecule has 62 valence electrons. The Balaban J connectivity index is 3.13. The average molecular weight is 183 g/mol. The highest BCUT2D eigenvalue weighted by Gasteiger charge is 2.09. The molecule has 0 fully saturated rings. The first-order chi connectivity index (χ1) is 4.68. The number of rotatable bonds is 5. The van der Waals surface area contributed by atoms with Crippen LogP contribution in [0.4, 0.5) is 0 Å². The predicted octanol–water partition coefficient (Wildman–Crippen LogP) is 4.01. The molecule has 0 saturated carbocycles. The van der Waals surface area contributed by atoms with E-state index in [1.54, 1.807) is 0 Å². The van der Waals surface area contributed by atoms with Crippen molar-refractivity contribution in [2.45, 2.75) is 44.4 Å². The maximum Gasteiger partial charge on any atom is 0.110 e. The summed E-state index contributed by atoms with van der Waals surface area (Å²) in [5.74, 6) is 0.454. The zero-order chi connectivity index (χ0) is 7.98. The Labute approximate surface area is 73.9 Å². The van der Waals surface area contributed by atoms with Crippen LogP contribution >= 0.6 is 23.2 Å². The lowest BCUT2D eigenvalue weighted by Crippen LogP contribution is -2.03. The van der Waals surface area contributed by atoms with Crippen LogP contribution in [0.15, 0.2) is 0 Å². The number of unbranched alkanes of at least 4 members (excludes halogenated alkanes) is 2. The van der Waals surface area contributed by atoms with Crippen LogP contribution in [0.25, 0.3) is 0 Å². The highest BCUT2D eigenvalue weighted by molar-refractivity contribution is 6.44. The minimum absolute atomic E-state index is 0.183. The molecule has 0 spiro atoms. The van der Waals surface area contributed by atoms with Crippen molar-refractivity contribution in [2.24, 2.45) is 5.92 Å². The average Bonchev–Trinajstić information content (AvgIpc) is 1.88. The second-order valence-electron chi connectivity index (χ2n) is 2.81. The van der Waals surface area contributed by atoms with E-state index in [-0.39, 0.29) is 4.84 Å². The summed E-state index contributed by atoms with van der Waals surface area (Å²) in [5, 5.41) is 0. The van der Waals surface area contributed by atoms with Gasteiger partial charge >= 0.3 is 0 Å². The number of halogens is 2. The van der Waals surface area contributed by atoms with Crippen molar-refractivity contribution in [3.63, 3.8) is 0 Å². The first-order valence-electron chi connectivity index (χ1n) is 3.96. The monoisotopic (exact) mass is 182 g/mol. The molecule has 1 atom stereocenters. The summed E-state index contributed by atoms with van der Waals surface area (Å²) in [6.45, 7) is 4.30. The molecule has 2 heteroatoms. The lowest BCUT2D eigenvalue weighted by atomic mass is 10.1. The van der Waals surface area contributed by atoms with E-state index in [9.17, 15) is 0 Å². The first-order valence-corrected chi connectivity index (χ1v) is 4.84. The van der Waals surface area contributed by atoms with Crippen molar-refractivity contribution in [3.8, 4) is 0 Å². The summed E-state index contributed by atoms with van der Waals surface area (Å²) in [5.41, 5.74) is 0. The van der Waals surface area contributed by atoms with E-state index < -0.39 is 0 Å². The number of hydrogen-bond donors (Lipinski definition) is 0. The van der Waals surface area contributed by atoms with E-state index in [0.717, 1.165) is 6.42 Å². The van der Waals surface area contributed by atoms with Gasteiger partial charge in [0.1, 0.15) is 4.84 Å². The van der Waals surface area contributed by atoms with Gasteiger partial charge in [-0.1, -0.05) is 33.1 Å². The van der Waals surface area contributed by atoms with Gasteiger partial charge in [0.05, 0.1) is 0 Å². The summed E-state index contributed by atoms with van der Waals surface area (Å²) < 4.78 is 0. The number of alkyl halides is 2. The second kappa shape index (κ2) is 6.30. The molecule has 1 unspecified atom stereocenters. The fourth-order valence-corrected chi connectivity index (χ4v) is 1.09.